The summed E-state index contributed by atoms with van der Waals surface area (Å²) in [6, 6.07) is 2.22. The minimum atomic E-state index is 0.171. The summed E-state index contributed by atoms with van der Waals surface area (Å²) in [7, 11) is 0. The molecule has 1 rings (SSSR count). The number of hydrazine groups is 1. The summed E-state index contributed by atoms with van der Waals surface area (Å²) in [6.45, 7) is 4.33. The molecule has 3 nitrogen and oxygen atoms in total. The van der Waals surface area contributed by atoms with Crippen LogP contribution in [0, 0.1) is 5.92 Å². The molecule has 0 aliphatic rings. The van der Waals surface area contributed by atoms with E-state index in [1.807, 2.05) is 12.3 Å². The van der Waals surface area contributed by atoms with Gasteiger partial charge in [0.25, 0.3) is 0 Å². The number of hydrogen-bond donors (Lipinski definition) is 2. The molecule has 4 heteroatoms. The van der Waals surface area contributed by atoms with Crippen LogP contribution in [0.3, 0.4) is 0 Å². The Bertz CT molecular complexity index is 290. The zero-order valence-electron chi connectivity index (χ0n) is 8.50. The molecule has 0 amide bonds. The molecule has 14 heavy (non-hydrogen) atoms. The van der Waals surface area contributed by atoms with Gasteiger partial charge in [-0.05, 0) is 33.5 Å². The fourth-order valence-electron chi connectivity index (χ4n) is 1.42. The van der Waals surface area contributed by atoms with Crippen LogP contribution in [0.15, 0.2) is 22.9 Å². The first-order chi connectivity index (χ1) is 6.69. The predicted octanol–water partition coefficient (Wildman–Crippen LogP) is 2.39. The lowest BCUT2D eigenvalue weighted by Gasteiger charge is -2.22. The molecule has 0 aliphatic heterocycles. The summed E-state index contributed by atoms with van der Waals surface area (Å²) in [5, 5.41) is 0. The second-order valence-corrected chi connectivity index (χ2v) is 4.38. The molecule has 78 valence electrons. The Kier molecular flexibility index (Phi) is 4.51. The van der Waals surface area contributed by atoms with Gasteiger partial charge in [-0.2, -0.15) is 0 Å². The highest BCUT2D eigenvalue weighted by Gasteiger charge is 2.16. The highest BCUT2D eigenvalue weighted by Crippen LogP contribution is 2.24. The van der Waals surface area contributed by atoms with Gasteiger partial charge in [-0.1, -0.05) is 20.3 Å². The maximum absolute atomic E-state index is 5.54. The third-order valence-corrected chi connectivity index (χ3v) is 2.91. The Hall–Kier alpha value is -0.450. The van der Waals surface area contributed by atoms with E-state index in [0.717, 1.165) is 16.5 Å². The lowest BCUT2D eigenvalue weighted by atomic mass is 9.94. The quantitative estimate of drug-likeness (QED) is 0.644. The van der Waals surface area contributed by atoms with E-state index in [9.17, 15) is 0 Å². The van der Waals surface area contributed by atoms with Crippen LogP contribution in [0.5, 0.6) is 0 Å². The van der Waals surface area contributed by atoms with Crippen LogP contribution in [-0.2, 0) is 0 Å². The van der Waals surface area contributed by atoms with Gasteiger partial charge in [0, 0.05) is 16.9 Å². The van der Waals surface area contributed by atoms with Gasteiger partial charge in [0.2, 0.25) is 0 Å². The van der Waals surface area contributed by atoms with Crippen LogP contribution < -0.4 is 11.3 Å². The largest absolute Gasteiger partial charge is 0.271 e. The molecule has 0 aliphatic carbocycles. The molecule has 0 saturated carbocycles. The summed E-state index contributed by atoms with van der Waals surface area (Å²) in [5.74, 6) is 6.03. The van der Waals surface area contributed by atoms with Crippen molar-refractivity contribution in [2.75, 3.05) is 0 Å². The number of aromatic nitrogens is 1. The molecule has 0 radical (unpaired) electrons. The first-order valence-corrected chi connectivity index (χ1v) is 5.55. The van der Waals surface area contributed by atoms with Crippen molar-refractivity contribution in [2.24, 2.45) is 11.8 Å². The van der Waals surface area contributed by atoms with Crippen molar-refractivity contribution >= 4 is 15.9 Å². The number of hydrogen-bond acceptors (Lipinski definition) is 3. The third-order valence-electron chi connectivity index (χ3n) is 2.48. The van der Waals surface area contributed by atoms with E-state index >= 15 is 0 Å². The number of pyridine rings is 1. The zero-order valence-corrected chi connectivity index (χ0v) is 10.1. The molecule has 2 unspecified atom stereocenters. The fraction of sp³-hybridized carbons (Fsp3) is 0.500. The van der Waals surface area contributed by atoms with E-state index in [1.165, 1.54) is 0 Å². The number of nitrogens with two attached hydrogens (primary N) is 1. The monoisotopic (exact) mass is 257 g/mol. The van der Waals surface area contributed by atoms with Crippen LogP contribution in [-0.4, -0.2) is 4.98 Å². The topological polar surface area (TPSA) is 50.9 Å². The summed E-state index contributed by atoms with van der Waals surface area (Å²) < 4.78 is 0.985. The van der Waals surface area contributed by atoms with E-state index in [0.29, 0.717) is 5.92 Å². The van der Waals surface area contributed by atoms with Gasteiger partial charge in [0.05, 0.1) is 6.04 Å². The van der Waals surface area contributed by atoms with E-state index in [1.54, 1.807) is 6.20 Å². The van der Waals surface area contributed by atoms with Crippen LogP contribution in [0.1, 0.15) is 31.9 Å². The highest BCUT2D eigenvalue weighted by molar-refractivity contribution is 9.10. The first-order valence-electron chi connectivity index (χ1n) is 4.75. The van der Waals surface area contributed by atoms with Crippen molar-refractivity contribution in [1.29, 1.82) is 0 Å². The standard InChI is InChI=1S/C10H16BrN3/c1-3-7(2)10(14-12)8-4-9(11)6-13-5-8/h4-7,10,14H,3,12H2,1-2H3. The van der Waals surface area contributed by atoms with Gasteiger partial charge in [0.15, 0.2) is 0 Å². The van der Waals surface area contributed by atoms with Crippen LogP contribution in [0.25, 0.3) is 0 Å². The highest BCUT2D eigenvalue weighted by atomic mass is 79.9. The summed E-state index contributed by atoms with van der Waals surface area (Å²) in [4.78, 5) is 4.13. The van der Waals surface area contributed by atoms with Crippen molar-refractivity contribution in [3.63, 3.8) is 0 Å². The van der Waals surface area contributed by atoms with Crippen molar-refractivity contribution in [1.82, 2.24) is 10.4 Å². The Balaban J connectivity index is 2.89. The van der Waals surface area contributed by atoms with Crippen molar-refractivity contribution in [3.8, 4) is 0 Å². The smallest absolute Gasteiger partial charge is 0.0501 e. The summed E-state index contributed by atoms with van der Waals surface area (Å²) >= 11 is 3.40. The maximum Gasteiger partial charge on any atom is 0.0501 e. The molecular weight excluding hydrogens is 242 g/mol. The van der Waals surface area contributed by atoms with Gasteiger partial charge in [-0.3, -0.25) is 16.3 Å². The molecule has 0 aromatic carbocycles. The average molecular weight is 258 g/mol. The van der Waals surface area contributed by atoms with Crippen molar-refractivity contribution < 1.29 is 0 Å². The van der Waals surface area contributed by atoms with Crippen LogP contribution >= 0.6 is 15.9 Å². The lowest BCUT2D eigenvalue weighted by molar-refractivity contribution is 0.382. The lowest BCUT2D eigenvalue weighted by Crippen LogP contribution is -2.32. The third kappa shape index (κ3) is 2.77. The maximum atomic E-state index is 5.54. The van der Waals surface area contributed by atoms with Gasteiger partial charge < -0.3 is 0 Å². The van der Waals surface area contributed by atoms with Crippen molar-refractivity contribution in [3.05, 3.63) is 28.5 Å². The van der Waals surface area contributed by atoms with Gasteiger partial charge >= 0.3 is 0 Å². The first kappa shape index (κ1) is 11.6. The van der Waals surface area contributed by atoms with E-state index in [2.05, 4.69) is 40.2 Å². The second kappa shape index (κ2) is 5.44. The molecule has 0 spiro atoms. The Morgan fingerprint density at radius 2 is 2.29 bits per heavy atom. The predicted molar refractivity (Wildman–Crippen MR) is 61.5 cm³/mol. The minimum absolute atomic E-state index is 0.171. The molecule has 1 aromatic heterocycles. The second-order valence-electron chi connectivity index (χ2n) is 3.47. The number of nitrogens with one attached hydrogen (secondary N) is 1. The van der Waals surface area contributed by atoms with E-state index in [4.69, 9.17) is 5.84 Å². The SMILES string of the molecule is CCC(C)C(NN)c1cncc(Br)c1. The molecule has 0 bridgehead atoms. The molecule has 0 fully saturated rings. The summed E-state index contributed by atoms with van der Waals surface area (Å²) in [5.41, 5.74) is 3.96. The molecule has 3 N–H and O–H groups in total. The van der Waals surface area contributed by atoms with E-state index in [-0.39, 0.29) is 6.04 Å². The van der Waals surface area contributed by atoms with Crippen LogP contribution in [0.2, 0.25) is 0 Å². The van der Waals surface area contributed by atoms with Gasteiger partial charge in [-0.25, -0.2) is 0 Å². The molecule has 0 saturated heterocycles. The van der Waals surface area contributed by atoms with Crippen molar-refractivity contribution in [2.45, 2.75) is 26.3 Å². The fourth-order valence-corrected chi connectivity index (χ4v) is 1.81. The number of halogens is 1. The average Bonchev–Trinajstić information content (AvgIpc) is 2.19. The molecule has 2 atom stereocenters. The van der Waals surface area contributed by atoms with E-state index < -0.39 is 0 Å². The Morgan fingerprint density at radius 1 is 1.57 bits per heavy atom. The van der Waals surface area contributed by atoms with Gasteiger partial charge in [0.1, 0.15) is 0 Å². The Labute approximate surface area is 93.2 Å². The van der Waals surface area contributed by atoms with Gasteiger partial charge in [-0.15, -0.1) is 0 Å². The molecule has 1 heterocycles. The summed E-state index contributed by atoms with van der Waals surface area (Å²) in [6.07, 6.45) is 4.70. The minimum Gasteiger partial charge on any atom is -0.271 e. The molecular formula is C10H16BrN3. The van der Waals surface area contributed by atoms with Crippen LogP contribution in [0.4, 0.5) is 0 Å². The number of nitrogens with zero attached hydrogens (tertiary/aromatic N) is 1. The molecule has 1 aromatic rings. The zero-order chi connectivity index (χ0) is 10.6. The normalized spacial score (nSPS) is 15.1. The Morgan fingerprint density at radius 3 is 2.79 bits per heavy atom. The number of rotatable bonds is 4.